The Kier molecular flexibility index (Phi) is 5.79. The third-order valence-electron chi connectivity index (χ3n) is 2.44. The van der Waals surface area contributed by atoms with Crippen LogP contribution in [-0.4, -0.2) is 34.1 Å². The Bertz CT molecular complexity index is 526. The molecule has 0 bridgehead atoms. The van der Waals surface area contributed by atoms with Crippen molar-refractivity contribution in [3.05, 3.63) is 33.8 Å². The molecule has 8 heteroatoms. The maximum absolute atomic E-state index is 12.0. The van der Waals surface area contributed by atoms with E-state index in [0.29, 0.717) is 0 Å². The van der Waals surface area contributed by atoms with E-state index in [1.807, 2.05) is 0 Å². The number of carbonyl (C=O) groups excluding carboxylic acids is 1. The Balaban J connectivity index is 2.86. The molecule has 1 rings (SSSR count). The van der Waals surface area contributed by atoms with Crippen LogP contribution in [-0.2, 0) is 9.59 Å². The minimum atomic E-state index is -1.33. The molecule has 1 amide bonds. The molecule has 1 atom stereocenters. The van der Waals surface area contributed by atoms with Gasteiger partial charge in [-0.05, 0) is 18.6 Å². The van der Waals surface area contributed by atoms with Gasteiger partial charge in [0.2, 0.25) is 0 Å². The number of carboxylic acids is 2. The molecule has 0 aliphatic carbocycles. The molecule has 1 aromatic rings. The summed E-state index contributed by atoms with van der Waals surface area (Å²) in [6.45, 7) is 0. The van der Waals surface area contributed by atoms with E-state index in [0.717, 1.165) is 0 Å². The molecule has 0 saturated carbocycles. The number of rotatable bonds is 6. The van der Waals surface area contributed by atoms with Gasteiger partial charge in [-0.25, -0.2) is 4.79 Å². The second-order valence-electron chi connectivity index (χ2n) is 3.89. The Morgan fingerprint density at radius 1 is 1.15 bits per heavy atom. The lowest BCUT2D eigenvalue weighted by atomic mass is 10.1. The van der Waals surface area contributed by atoms with Crippen molar-refractivity contribution in [1.29, 1.82) is 0 Å². The number of halogens is 2. The van der Waals surface area contributed by atoms with Gasteiger partial charge in [-0.3, -0.25) is 9.59 Å². The molecule has 0 heterocycles. The molecule has 0 saturated heterocycles. The van der Waals surface area contributed by atoms with Crippen LogP contribution in [0.5, 0.6) is 0 Å². The highest BCUT2D eigenvalue weighted by Crippen LogP contribution is 2.24. The van der Waals surface area contributed by atoms with Crippen LogP contribution in [0, 0.1) is 0 Å². The third kappa shape index (κ3) is 4.40. The van der Waals surface area contributed by atoms with Gasteiger partial charge in [-0.1, -0.05) is 29.3 Å². The monoisotopic (exact) mass is 319 g/mol. The molecule has 0 aliphatic heterocycles. The molecule has 0 fully saturated rings. The molecule has 0 unspecified atom stereocenters. The van der Waals surface area contributed by atoms with Crippen LogP contribution in [0.25, 0.3) is 0 Å². The number of carbonyl (C=O) groups is 3. The Morgan fingerprint density at radius 3 is 2.15 bits per heavy atom. The van der Waals surface area contributed by atoms with Crippen molar-refractivity contribution in [1.82, 2.24) is 5.32 Å². The first-order valence-corrected chi connectivity index (χ1v) is 6.28. The van der Waals surface area contributed by atoms with E-state index < -0.39 is 23.9 Å². The standard InChI is InChI=1S/C12H11Cl2NO5/c13-6-2-1-3-7(14)10(6)11(18)15-8(12(19)20)4-5-9(16)17/h1-3,8H,4-5H2,(H,15,18)(H,16,17)(H,19,20)/t8-/m1/s1. The molecular formula is C12H11Cl2NO5. The lowest BCUT2D eigenvalue weighted by molar-refractivity contribution is -0.140. The molecule has 0 spiro atoms. The SMILES string of the molecule is O=C(O)CC[C@@H](NC(=O)c1c(Cl)cccc1Cl)C(=O)O. The molecule has 0 radical (unpaired) electrons. The summed E-state index contributed by atoms with van der Waals surface area (Å²) < 4.78 is 0. The molecule has 108 valence electrons. The number of nitrogens with one attached hydrogen (secondary N) is 1. The van der Waals surface area contributed by atoms with E-state index in [-0.39, 0.29) is 28.5 Å². The quantitative estimate of drug-likeness (QED) is 0.744. The summed E-state index contributed by atoms with van der Waals surface area (Å²) in [5.41, 5.74) is -0.0441. The fourth-order valence-electron chi connectivity index (χ4n) is 1.47. The Labute approximate surface area is 124 Å². The van der Waals surface area contributed by atoms with E-state index in [9.17, 15) is 14.4 Å². The van der Waals surface area contributed by atoms with Gasteiger partial charge in [0.05, 0.1) is 15.6 Å². The zero-order valence-electron chi connectivity index (χ0n) is 10.1. The average Bonchev–Trinajstić information content (AvgIpc) is 2.33. The van der Waals surface area contributed by atoms with Crippen LogP contribution in [0.15, 0.2) is 18.2 Å². The van der Waals surface area contributed by atoms with Crippen molar-refractivity contribution >= 4 is 41.0 Å². The maximum atomic E-state index is 12.0. The highest BCUT2D eigenvalue weighted by Gasteiger charge is 2.23. The lowest BCUT2D eigenvalue weighted by Gasteiger charge is -2.14. The number of hydrogen-bond donors (Lipinski definition) is 3. The highest BCUT2D eigenvalue weighted by molar-refractivity contribution is 6.39. The summed E-state index contributed by atoms with van der Waals surface area (Å²) in [6.07, 6.45) is -0.619. The summed E-state index contributed by atoms with van der Waals surface area (Å²) in [7, 11) is 0. The van der Waals surface area contributed by atoms with E-state index in [2.05, 4.69) is 5.32 Å². The van der Waals surface area contributed by atoms with Crippen molar-refractivity contribution in [3.8, 4) is 0 Å². The third-order valence-corrected chi connectivity index (χ3v) is 3.07. The van der Waals surface area contributed by atoms with Crippen molar-refractivity contribution in [2.45, 2.75) is 18.9 Å². The summed E-state index contributed by atoms with van der Waals surface area (Å²) in [6, 6.07) is 3.09. The second kappa shape index (κ2) is 7.12. The molecule has 20 heavy (non-hydrogen) atoms. The number of benzene rings is 1. The fraction of sp³-hybridized carbons (Fsp3) is 0.250. The zero-order chi connectivity index (χ0) is 15.3. The first-order valence-electron chi connectivity index (χ1n) is 5.52. The number of aliphatic carboxylic acids is 2. The van der Waals surface area contributed by atoms with Gasteiger partial charge in [-0.2, -0.15) is 0 Å². The van der Waals surface area contributed by atoms with Gasteiger partial charge >= 0.3 is 11.9 Å². The molecule has 0 aliphatic rings. The Hall–Kier alpha value is -1.79. The molecule has 3 N–H and O–H groups in total. The predicted molar refractivity (Wildman–Crippen MR) is 72.2 cm³/mol. The second-order valence-corrected chi connectivity index (χ2v) is 4.71. The van der Waals surface area contributed by atoms with Gasteiger partial charge in [0, 0.05) is 6.42 Å². The minimum absolute atomic E-state index is 0.0441. The van der Waals surface area contributed by atoms with Gasteiger partial charge in [0.1, 0.15) is 6.04 Å². The van der Waals surface area contributed by atoms with Crippen LogP contribution < -0.4 is 5.32 Å². The first-order chi connectivity index (χ1) is 9.32. The molecule has 0 aromatic heterocycles. The molecule has 6 nitrogen and oxygen atoms in total. The minimum Gasteiger partial charge on any atom is -0.481 e. The topological polar surface area (TPSA) is 104 Å². The normalized spacial score (nSPS) is 11.7. The zero-order valence-corrected chi connectivity index (χ0v) is 11.6. The fourth-order valence-corrected chi connectivity index (χ4v) is 2.04. The van der Waals surface area contributed by atoms with Crippen LogP contribution in [0.3, 0.4) is 0 Å². The van der Waals surface area contributed by atoms with Gasteiger partial charge < -0.3 is 15.5 Å². The van der Waals surface area contributed by atoms with E-state index >= 15 is 0 Å². The lowest BCUT2D eigenvalue weighted by Crippen LogP contribution is -2.41. The van der Waals surface area contributed by atoms with Gasteiger partial charge in [0.15, 0.2) is 0 Å². The predicted octanol–water partition coefficient (Wildman–Crippen LogP) is 2.04. The van der Waals surface area contributed by atoms with Crippen molar-refractivity contribution in [2.75, 3.05) is 0 Å². The van der Waals surface area contributed by atoms with Crippen LogP contribution in [0.1, 0.15) is 23.2 Å². The van der Waals surface area contributed by atoms with Crippen molar-refractivity contribution < 1.29 is 24.6 Å². The maximum Gasteiger partial charge on any atom is 0.326 e. The number of carboxylic acid groups (broad SMARTS) is 2. The summed E-state index contributed by atoms with van der Waals surface area (Å²) in [5.74, 6) is -3.25. The van der Waals surface area contributed by atoms with Crippen LogP contribution in [0.4, 0.5) is 0 Å². The van der Waals surface area contributed by atoms with Gasteiger partial charge in [0.25, 0.3) is 5.91 Å². The molecular weight excluding hydrogens is 309 g/mol. The van der Waals surface area contributed by atoms with Crippen LogP contribution in [0.2, 0.25) is 10.0 Å². The highest BCUT2D eigenvalue weighted by atomic mass is 35.5. The van der Waals surface area contributed by atoms with E-state index in [1.54, 1.807) is 6.07 Å². The average molecular weight is 320 g/mol. The largest absolute Gasteiger partial charge is 0.481 e. The summed E-state index contributed by atoms with van der Waals surface area (Å²) in [4.78, 5) is 33.4. The number of amides is 1. The smallest absolute Gasteiger partial charge is 0.326 e. The van der Waals surface area contributed by atoms with Crippen LogP contribution >= 0.6 is 23.2 Å². The number of hydrogen-bond acceptors (Lipinski definition) is 3. The van der Waals surface area contributed by atoms with Crippen molar-refractivity contribution in [2.24, 2.45) is 0 Å². The van der Waals surface area contributed by atoms with Gasteiger partial charge in [-0.15, -0.1) is 0 Å². The van der Waals surface area contributed by atoms with Crippen molar-refractivity contribution in [3.63, 3.8) is 0 Å². The summed E-state index contributed by atoms with van der Waals surface area (Å²) in [5, 5.41) is 19.8. The first kappa shape index (κ1) is 16.3. The molecule has 1 aromatic carbocycles. The van der Waals surface area contributed by atoms with E-state index in [4.69, 9.17) is 33.4 Å². The summed E-state index contributed by atoms with van der Waals surface area (Å²) >= 11 is 11.7. The Morgan fingerprint density at radius 2 is 1.70 bits per heavy atom. The van der Waals surface area contributed by atoms with E-state index in [1.165, 1.54) is 12.1 Å².